The van der Waals surface area contributed by atoms with Crippen LogP contribution in [-0.2, 0) is 11.3 Å². The lowest BCUT2D eigenvalue weighted by molar-refractivity contribution is -0.122. The van der Waals surface area contributed by atoms with Crippen LogP contribution in [0.4, 0.5) is 4.39 Å². The Morgan fingerprint density at radius 1 is 1.22 bits per heavy atom. The number of rotatable bonds is 7. The molecule has 6 heteroatoms. The SMILES string of the molecule is COc1ccc(OC)c(C2CCN(CC(=O)NCc3ccccc3F)C2)c1. The minimum atomic E-state index is -0.302. The highest BCUT2D eigenvalue weighted by atomic mass is 19.1. The summed E-state index contributed by atoms with van der Waals surface area (Å²) < 4.78 is 24.4. The van der Waals surface area contributed by atoms with Crippen molar-refractivity contribution in [1.82, 2.24) is 10.2 Å². The summed E-state index contributed by atoms with van der Waals surface area (Å²) in [6, 6.07) is 12.3. The van der Waals surface area contributed by atoms with E-state index in [1.807, 2.05) is 18.2 Å². The third-order valence-corrected chi connectivity index (χ3v) is 4.95. The van der Waals surface area contributed by atoms with Crippen LogP contribution >= 0.6 is 0 Å². The fraction of sp³-hybridized carbons (Fsp3) is 0.381. The minimum absolute atomic E-state index is 0.100. The van der Waals surface area contributed by atoms with Gasteiger partial charge in [-0.1, -0.05) is 18.2 Å². The lowest BCUT2D eigenvalue weighted by atomic mass is 9.97. The van der Waals surface area contributed by atoms with E-state index < -0.39 is 0 Å². The van der Waals surface area contributed by atoms with Crippen molar-refractivity contribution in [2.75, 3.05) is 33.9 Å². The molecule has 144 valence electrons. The van der Waals surface area contributed by atoms with Gasteiger partial charge in [-0.25, -0.2) is 4.39 Å². The number of benzene rings is 2. The molecule has 1 saturated heterocycles. The van der Waals surface area contributed by atoms with Crippen LogP contribution in [0.5, 0.6) is 11.5 Å². The first-order valence-electron chi connectivity index (χ1n) is 9.05. The molecule has 0 aromatic heterocycles. The van der Waals surface area contributed by atoms with Gasteiger partial charge in [0.05, 0.1) is 20.8 Å². The van der Waals surface area contributed by atoms with Crippen LogP contribution in [0.25, 0.3) is 0 Å². The van der Waals surface area contributed by atoms with Crippen LogP contribution in [0.2, 0.25) is 0 Å². The number of nitrogens with one attached hydrogen (secondary N) is 1. The minimum Gasteiger partial charge on any atom is -0.497 e. The van der Waals surface area contributed by atoms with E-state index in [1.54, 1.807) is 32.4 Å². The van der Waals surface area contributed by atoms with Gasteiger partial charge in [0.25, 0.3) is 0 Å². The first kappa shape index (κ1) is 19.2. The Kier molecular flexibility index (Phi) is 6.29. The zero-order valence-corrected chi connectivity index (χ0v) is 15.7. The molecule has 2 aromatic rings. The third-order valence-electron chi connectivity index (χ3n) is 4.95. The van der Waals surface area contributed by atoms with Gasteiger partial charge in [0.15, 0.2) is 0 Å². The fourth-order valence-corrected chi connectivity index (χ4v) is 3.48. The van der Waals surface area contributed by atoms with Gasteiger partial charge in [-0.05, 0) is 37.2 Å². The summed E-state index contributed by atoms with van der Waals surface area (Å²) in [5.41, 5.74) is 1.59. The van der Waals surface area contributed by atoms with Gasteiger partial charge in [0, 0.05) is 30.1 Å². The number of ether oxygens (including phenoxy) is 2. The Hall–Kier alpha value is -2.60. The molecular formula is C21H25FN2O3. The maximum Gasteiger partial charge on any atom is 0.234 e. The lowest BCUT2D eigenvalue weighted by Gasteiger charge is -2.18. The molecule has 1 aliphatic rings. The van der Waals surface area contributed by atoms with Gasteiger partial charge < -0.3 is 14.8 Å². The number of halogens is 1. The first-order chi connectivity index (χ1) is 13.1. The van der Waals surface area contributed by atoms with Crippen molar-refractivity contribution in [3.63, 3.8) is 0 Å². The highest BCUT2D eigenvalue weighted by Crippen LogP contribution is 2.35. The molecule has 0 radical (unpaired) electrons. The van der Waals surface area contributed by atoms with Crippen molar-refractivity contribution >= 4 is 5.91 Å². The molecule has 0 aliphatic carbocycles. The Balaban J connectivity index is 1.55. The molecule has 2 aromatic carbocycles. The van der Waals surface area contributed by atoms with E-state index in [0.717, 1.165) is 36.6 Å². The van der Waals surface area contributed by atoms with Crippen molar-refractivity contribution in [3.8, 4) is 11.5 Å². The molecule has 1 N–H and O–H groups in total. The second-order valence-corrected chi connectivity index (χ2v) is 6.70. The average Bonchev–Trinajstić information content (AvgIpc) is 3.15. The largest absolute Gasteiger partial charge is 0.497 e. The molecule has 5 nitrogen and oxygen atoms in total. The summed E-state index contributed by atoms with van der Waals surface area (Å²) in [7, 11) is 3.31. The van der Waals surface area contributed by atoms with Crippen molar-refractivity contribution < 1.29 is 18.7 Å². The number of hydrogen-bond donors (Lipinski definition) is 1. The zero-order valence-electron chi connectivity index (χ0n) is 15.7. The predicted octanol–water partition coefficient (Wildman–Crippen LogP) is 2.95. The van der Waals surface area contributed by atoms with Crippen molar-refractivity contribution in [2.45, 2.75) is 18.9 Å². The number of carbonyl (C=O) groups excluding carboxylic acids is 1. The molecule has 1 fully saturated rings. The average molecular weight is 372 g/mol. The second kappa shape index (κ2) is 8.86. The highest BCUT2D eigenvalue weighted by molar-refractivity contribution is 5.78. The molecule has 3 rings (SSSR count). The summed E-state index contributed by atoms with van der Waals surface area (Å²) in [5, 5.41) is 2.80. The van der Waals surface area contributed by atoms with Crippen molar-refractivity contribution in [1.29, 1.82) is 0 Å². The van der Waals surface area contributed by atoms with Gasteiger partial charge in [-0.2, -0.15) is 0 Å². The number of amides is 1. The Morgan fingerprint density at radius 2 is 2.04 bits per heavy atom. The van der Waals surface area contributed by atoms with Gasteiger partial charge in [0.2, 0.25) is 5.91 Å². The number of likely N-dealkylation sites (tertiary alicyclic amines) is 1. The van der Waals surface area contributed by atoms with Crippen LogP contribution in [0, 0.1) is 5.82 Å². The van der Waals surface area contributed by atoms with Gasteiger partial charge >= 0.3 is 0 Å². The lowest BCUT2D eigenvalue weighted by Crippen LogP contribution is -2.35. The standard InChI is InChI=1S/C21H25FN2O3/c1-26-17-7-8-20(27-2)18(11-17)16-9-10-24(13-16)14-21(25)23-12-15-5-3-4-6-19(15)22/h3-8,11,16H,9-10,12-14H2,1-2H3,(H,23,25). The Labute approximate surface area is 159 Å². The molecule has 27 heavy (non-hydrogen) atoms. The quantitative estimate of drug-likeness (QED) is 0.812. The molecule has 0 spiro atoms. The summed E-state index contributed by atoms with van der Waals surface area (Å²) in [4.78, 5) is 14.3. The number of carbonyl (C=O) groups is 1. The smallest absolute Gasteiger partial charge is 0.234 e. The highest BCUT2D eigenvalue weighted by Gasteiger charge is 2.27. The number of methoxy groups -OCH3 is 2. The molecule has 1 aliphatic heterocycles. The molecule has 0 saturated carbocycles. The zero-order chi connectivity index (χ0) is 19.2. The van der Waals surface area contributed by atoms with Crippen LogP contribution < -0.4 is 14.8 Å². The molecule has 0 bridgehead atoms. The second-order valence-electron chi connectivity index (χ2n) is 6.70. The van der Waals surface area contributed by atoms with E-state index in [1.165, 1.54) is 6.07 Å². The molecular weight excluding hydrogens is 347 g/mol. The predicted molar refractivity (Wildman–Crippen MR) is 102 cm³/mol. The third kappa shape index (κ3) is 4.77. The van der Waals surface area contributed by atoms with Gasteiger partial charge in [-0.3, -0.25) is 9.69 Å². The Morgan fingerprint density at radius 3 is 2.78 bits per heavy atom. The van der Waals surface area contributed by atoms with E-state index in [4.69, 9.17) is 9.47 Å². The van der Waals surface area contributed by atoms with Crippen molar-refractivity contribution in [3.05, 3.63) is 59.4 Å². The molecule has 1 unspecified atom stereocenters. The summed E-state index contributed by atoms with van der Waals surface area (Å²) in [5.74, 6) is 1.52. The first-order valence-corrected chi connectivity index (χ1v) is 9.05. The topological polar surface area (TPSA) is 50.8 Å². The van der Waals surface area contributed by atoms with Crippen molar-refractivity contribution in [2.24, 2.45) is 0 Å². The van der Waals surface area contributed by atoms with E-state index >= 15 is 0 Å². The molecule has 1 amide bonds. The monoisotopic (exact) mass is 372 g/mol. The van der Waals surface area contributed by atoms with E-state index in [0.29, 0.717) is 12.1 Å². The maximum absolute atomic E-state index is 13.6. The summed E-state index contributed by atoms with van der Waals surface area (Å²) in [6.07, 6.45) is 0.949. The Bertz CT molecular complexity index is 797. The number of hydrogen-bond acceptors (Lipinski definition) is 4. The molecule has 1 heterocycles. The van der Waals surface area contributed by atoms with E-state index in [9.17, 15) is 9.18 Å². The normalized spacial score (nSPS) is 16.9. The van der Waals surface area contributed by atoms with E-state index in [2.05, 4.69) is 10.2 Å². The van der Waals surface area contributed by atoms with Crippen LogP contribution in [0.1, 0.15) is 23.5 Å². The van der Waals surface area contributed by atoms with Crippen LogP contribution in [0.15, 0.2) is 42.5 Å². The summed E-state index contributed by atoms with van der Waals surface area (Å²) >= 11 is 0. The molecule has 1 atom stereocenters. The fourth-order valence-electron chi connectivity index (χ4n) is 3.48. The summed E-state index contributed by atoms with van der Waals surface area (Å²) in [6.45, 7) is 2.11. The van der Waals surface area contributed by atoms with Crippen LogP contribution in [-0.4, -0.2) is 44.7 Å². The van der Waals surface area contributed by atoms with Crippen LogP contribution in [0.3, 0.4) is 0 Å². The van der Waals surface area contributed by atoms with Gasteiger partial charge in [0.1, 0.15) is 17.3 Å². The maximum atomic E-state index is 13.6. The van der Waals surface area contributed by atoms with Gasteiger partial charge in [-0.15, -0.1) is 0 Å². The van der Waals surface area contributed by atoms with E-state index in [-0.39, 0.29) is 24.2 Å². The number of nitrogens with zero attached hydrogens (tertiary/aromatic N) is 1.